The van der Waals surface area contributed by atoms with E-state index in [1.165, 1.54) is 0 Å². The van der Waals surface area contributed by atoms with Crippen LogP contribution in [0, 0.1) is 0 Å². The second-order valence-electron chi connectivity index (χ2n) is 5.25. The minimum absolute atomic E-state index is 0.110. The van der Waals surface area contributed by atoms with Gasteiger partial charge in [0.25, 0.3) is 0 Å². The van der Waals surface area contributed by atoms with Gasteiger partial charge in [0.1, 0.15) is 6.04 Å². The van der Waals surface area contributed by atoms with Gasteiger partial charge in [-0.2, -0.15) is 10.2 Å². The Morgan fingerprint density at radius 2 is 1.62 bits per heavy atom. The first-order valence-electron chi connectivity index (χ1n) is 7.73. The Bertz CT molecular complexity index is 706. The summed E-state index contributed by atoms with van der Waals surface area (Å²) in [7, 11) is 1.68. The SMILES string of the molecule is CNC(=S)N/N=C(C)/C(C)=N\NC(=S)NC(Cc1ccccc1)C(=O)O. The molecule has 1 atom stereocenters. The summed E-state index contributed by atoms with van der Waals surface area (Å²) in [6, 6.07) is 8.44. The zero-order valence-electron chi connectivity index (χ0n) is 14.7. The molecule has 0 saturated carbocycles. The van der Waals surface area contributed by atoms with Crippen molar-refractivity contribution >= 4 is 52.1 Å². The van der Waals surface area contributed by atoms with Gasteiger partial charge in [-0.25, -0.2) is 4.79 Å². The van der Waals surface area contributed by atoms with Crippen molar-refractivity contribution in [2.45, 2.75) is 26.3 Å². The smallest absolute Gasteiger partial charge is 0.326 e. The van der Waals surface area contributed by atoms with E-state index in [2.05, 4.69) is 31.7 Å². The van der Waals surface area contributed by atoms with Gasteiger partial charge >= 0.3 is 5.97 Å². The number of hydrogen-bond donors (Lipinski definition) is 5. The van der Waals surface area contributed by atoms with Crippen LogP contribution in [0.4, 0.5) is 0 Å². The van der Waals surface area contributed by atoms with Crippen LogP contribution in [0.2, 0.25) is 0 Å². The third kappa shape index (κ3) is 7.99. The molecule has 1 aromatic rings. The zero-order chi connectivity index (χ0) is 19.5. The summed E-state index contributed by atoms with van der Waals surface area (Å²) in [6.07, 6.45) is 0.298. The molecule has 0 saturated heterocycles. The van der Waals surface area contributed by atoms with E-state index in [1.54, 1.807) is 20.9 Å². The Kier molecular flexibility index (Phi) is 9.17. The number of rotatable bonds is 7. The summed E-state index contributed by atoms with van der Waals surface area (Å²) in [4.78, 5) is 11.4. The van der Waals surface area contributed by atoms with E-state index in [0.29, 0.717) is 23.0 Å². The van der Waals surface area contributed by atoms with Crippen LogP contribution in [0.1, 0.15) is 19.4 Å². The molecule has 8 nitrogen and oxygen atoms in total. The van der Waals surface area contributed by atoms with Crippen molar-refractivity contribution in [1.82, 2.24) is 21.5 Å². The molecule has 26 heavy (non-hydrogen) atoms. The third-order valence-electron chi connectivity index (χ3n) is 3.29. The van der Waals surface area contributed by atoms with Crippen molar-refractivity contribution < 1.29 is 9.90 Å². The molecule has 0 spiro atoms. The summed E-state index contributed by atoms with van der Waals surface area (Å²) in [5.41, 5.74) is 7.33. The fourth-order valence-electron chi connectivity index (χ4n) is 1.73. The number of carboxylic acids is 1. The molecule has 0 bridgehead atoms. The van der Waals surface area contributed by atoms with Gasteiger partial charge in [0.15, 0.2) is 10.2 Å². The van der Waals surface area contributed by atoms with Crippen LogP contribution in [0.3, 0.4) is 0 Å². The zero-order valence-corrected chi connectivity index (χ0v) is 16.4. The summed E-state index contributed by atoms with van der Waals surface area (Å²) in [6.45, 7) is 3.48. The Labute approximate surface area is 163 Å². The lowest BCUT2D eigenvalue weighted by molar-refractivity contribution is -0.139. The van der Waals surface area contributed by atoms with Gasteiger partial charge in [-0.15, -0.1) is 0 Å². The normalized spacial score (nSPS) is 12.7. The number of nitrogens with one attached hydrogen (secondary N) is 4. The largest absolute Gasteiger partial charge is 0.480 e. The monoisotopic (exact) mass is 394 g/mol. The highest BCUT2D eigenvalue weighted by Gasteiger charge is 2.18. The van der Waals surface area contributed by atoms with Gasteiger partial charge in [0.05, 0.1) is 11.4 Å². The molecule has 1 aromatic carbocycles. The maximum atomic E-state index is 11.4. The minimum atomic E-state index is -0.999. The molecule has 5 N–H and O–H groups in total. The number of aliphatic carboxylic acids is 1. The number of thiocarbonyl (C=S) groups is 2. The Morgan fingerprint density at radius 1 is 1.08 bits per heavy atom. The van der Waals surface area contributed by atoms with Gasteiger partial charge in [-0.1, -0.05) is 30.3 Å². The van der Waals surface area contributed by atoms with Crippen LogP contribution in [0.15, 0.2) is 40.5 Å². The average Bonchev–Trinajstić information content (AvgIpc) is 2.63. The number of hydrogen-bond acceptors (Lipinski definition) is 5. The second-order valence-corrected chi connectivity index (χ2v) is 6.07. The summed E-state index contributed by atoms with van der Waals surface area (Å²) in [5.74, 6) is -0.999. The van der Waals surface area contributed by atoms with Gasteiger partial charge in [0.2, 0.25) is 0 Å². The molecule has 140 valence electrons. The second kappa shape index (κ2) is 11.1. The lowest BCUT2D eigenvalue weighted by Gasteiger charge is -2.16. The molecule has 0 aliphatic carbocycles. The van der Waals surface area contributed by atoms with Gasteiger partial charge < -0.3 is 15.7 Å². The molecule has 0 aromatic heterocycles. The van der Waals surface area contributed by atoms with E-state index in [4.69, 9.17) is 24.4 Å². The van der Waals surface area contributed by atoms with Crippen molar-refractivity contribution in [2.75, 3.05) is 7.05 Å². The van der Waals surface area contributed by atoms with E-state index in [0.717, 1.165) is 5.56 Å². The number of carbonyl (C=O) groups is 1. The van der Waals surface area contributed by atoms with Crippen molar-refractivity contribution in [2.24, 2.45) is 10.2 Å². The van der Waals surface area contributed by atoms with Crippen molar-refractivity contribution in [3.8, 4) is 0 Å². The van der Waals surface area contributed by atoms with Crippen LogP contribution in [0.25, 0.3) is 0 Å². The first-order valence-corrected chi connectivity index (χ1v) is 8.55. The lowest BCUT2D eigenvalue weighted by atomic mass is 10.1. The number of hydrazone groups is 2. The highest BCUT2D eigenvalue weighted by molar-refractivity contribution is 7.80. The van der Waals surface area contributed by atoms with Crippen molar-refractivity contribution in [3.63, 3.8) is 0 Å². The molecule has 0 radical (unpaired) electrons. The quantitative estimate of drug-likeness (QED) is 0.265. The molecule has 0 aliphatic heterocycles. The first kappa shape index (κ1) is 21.5. The standard InChI is InChI=1S/C16H22N6O2S2/c1-10(19-21-15(25)17-3)11(2)20-22-16(26)18-13(14(23)24)9-12-7-5-4-6-8-12/h4-8,13H,9H2,1-3H3,(H,23,24)(H2,17,21,25)(H2,18,22,26)/b19-10+,20-11-. The Hall–Kier alpha value is -2.59. The average molecular weight is 395 g/mol. The van der Waals surface area contributed by atoms with E-state index in [-0.39, 0.29) is 5.11 Å². The molecule has 10 heteroatoms. The number of nitrogens with zero attached hydrogens (tertiary/aromatic N) is 2. The Morgan fingerprint density at radius 3 is 2.12 bits per heavy atom. The topological polar surface area (TPSA) is 110 Å². The van der Waals surface area contributed by atoms with Gasteiger partial charge in [0, 0.05) is 13.5 Å². The fraction of sp³-hybridized carbons (Fsp3) is 0.312. The highest BCUT2D eigenvalue weighted by Crippen LogP contribution is 2.03. The van der Waals surface area contributed by atoms with Crippen LogP contribution >= 0.6 is 24.4 Å². The molecular weight excluding hydrogens is 372 g/mol. The van der Waals surface area contributed by atoms with Crippen LogP contribution < -0.4 is 21.5 Å². The maximum Gasteiger partial charge on any atom is 0.326 e. The summed E-state index contributed by atoms with van der Waals surface area (Å²) in [5, 5.41) is 23.5. The maximum absolute atomic E-state index is 11.4. The highest BCUT2D eigenvalue weighted by atomic mass is 32.1. The van der Waals surface area contributed by atoms with Crippen LogP contribution in [-0.2, 0) is 11.2 Å². The van der Waals surface area contributed by atoms with Crippen molar-refractivity contribution in [1.29, 1.82) is 0 Å². The molecule has 1 unspecified atom stereocenters. The minimum Gasteiger partial charge on any atom is -0.480 e. The molecule has 1 rings (SSSR count). The number of benzene rings is 1. The fourth-order valence-corrected chi connectivity index (χ4v) is 1.96. The van der Waals surface area contributed by atoms with Crippen molar-refractivity contribution in [3.05, 3.63) is 35.9 Å². The predicted molar refractivity (Wildman–Crippen MR) is 111 cm³/mol. The number of carboxylic acid groups (broad SMARTS) is 1. The third-order valence-corrected chi connectivity index (χ3v) is 3.79. The molecular formula is C16H22N6O2S2. The lowest BCUT2D eigenvalue weighted by Crippen LogP contribution is -2.46. The predicted octanol–water partition coefficient (Wildman–Crippen LogP) is 0.992. The molecule has 0 fully saturated rings. The van der Waals surface area contributed by atoms with Gasteiger partial charge in [-0.05, 0) is 43.8 Å². The van der Waals surface area contributed by atoms with Crippen LogP contribution in [-0.4, -0.2) is 45.8 Å². The first-order chi connectivity index (χ1) is 12.3. The van der Waals surface area contributed by atoms with E-state index >= 15 is 0 Å². The Balaban J connectivity index is 2.62. The molecule has 0 aliphatic rings. The van der Waals surface area contributed by atoms with Gasteiger partial charge in [-0.3, -0.25) is 10.9 Å². The molecule has 0 heterocycles. The molecule has 0 amide bonds. The van der Waals surface area contributed by atoms with E-state index in [9.17, 15) is 9.90 Å². The summed E-state index contributed by atoms with van der Waals surface area (Å²) < 4.78 is 0. The van der Waals surface area contributed by atoms with E-state index in [1.807, 2.05) is 30.3 Å². The van der Waals surface area contributed by atoms with Crippen LogP contribution in [0.5, 0.6) is 0 Å². The summed E-state index contributed by atoms with van der Waals surface area (Å²) >= 11 is 10.0. The van der Waals surface area contributed by atoms with E-state index < -0.39 is 12.0 Å².